The summed E-state index contributed by atoms with van der Waals surface area (Å²) in [4.78, 5) is 12.9. The van der Waals surface area contributed by atoms with Crippen LogP contribution in [0.4, 0.5) is 5.69 Å². The van der Waals surface area contributed by atoms with Crippen LogP contribution in [-0.4, -0.2) is 21.3 Å². The van der Waals surface area contributed by atoms with Crippen LogP contribution in [0.1, 0.15) is 28.4 Å². The van der Waals surface area contributed by atoms with E-state index >= 15 is 0 Å². The van der Waals surface area contributed by atoms with Gasteiger partial charge in [-0.2, -0.15) is 0 Å². The number of hydrogen-bond acceptors (Lipinski definition) is 4. The van der Waals surface area contributed by atoms with Crippen LogP contribution in [0.25, 0.3) is 0 Å². The summed E-state index contributed by atoms with van der Waals surface area (Å²) >= 11 is 0. The van der Waals surface area contributed by atoms with Crippen LogP contribution in [0.3, 0.4) is 0 Å². The molecular weight excluding hydrogens is 374 g/mol. The van der Waals surface area contributed by atoms with Gasteiger partial charge in [-0.25, -0.2) is 8.42 Å². The molecule has 28 heavy (non-hydrogen) atoms. The van der Waals surface area contributed by atoms with Crippen LogP contribution in [0.5, 0.6) is 5.75 Å². The first-order valence-corrected chi connectivity index (χ1v) is 10.3. The highest BCUT2D eigenvalue weighted by Crippen LogP contribution is 2.42. The van der Waals surface area contributed by atoms with Crippen LogP contribution in [-0.2, 0) is 10.0 Å². The molecule has 1 aliphatic rings. The first kappa shape index (κ1) is 18.3. The summed E-state index contributed by atoms with van der Waals surface area (Å²) in [5.41, 5.74) is 1.57. The molecule has 0 saturated heterocycles. The molecule has 0 saturated carbocycles. The Balaban J connectivity index is 1.90. The molecule has 0 aliphatic carbocycles. The largest absolute Gasteiger partial charge is 0.497 e. The van der Waals surface area contributed by atoms with E-state index in [9.17, 15) is 13.2 Å². The molecule has 5 nitrogen and oxygen atoms in total. The van der Waals surface area contributed by atoms with Crippen LogP contribution in [0.15, 0.2) is 83.8 Å². The van der Waals surface area contributed by atoms with Gasteiger partial charge in [-0.05, 0) is 42.0 Å². The number of ether oxygens (including phenoxy) is 1. The molecule has 3 aromatic rings. The number of ketones is 1. The van der Waals surface area contributed by atoms with Gasteiger partial charge in [-0.3, -0.25) is 9.10 Å². The molecule has 142 valence electrons. The Labute approximate surface area is 164 Å². The number of para-hydroxylation sites is 1. The zero-order valence-corrected chi connectivity index (χ0v) is 16.1. The first-order valence-electron chi connectivity index (χ1n) is 8.88. The summed E-state index contributed by atoms with van der Waals surface area (Å²) in [7, 11) is -2.29. The van der Waals surface area contributed by atoms with Crippen molar-refractivity contribution in [3.05, 3.63) is 90.0 Å². The molecule has 1 aliphatic heterocycles. The van der Waals surface area contributed by atoms with Crippen molar-refractivity contribution in [2.45, 2.75) is 17.4 Å². The molecule has 1 heterocycles. The number of nitrogens with zero attached hydrogens (tertiary/aromatic N) is 1. The molecule has 0 bridgehead atoms. The van der Waals surface area contributed by atoms with E-state index in [0.29, 0.717) is 17.0 Å². The highest BCUT2D eigenvalue weighted by Gasteiger charge is 2.39. The Morgan fingerprint density at radius 3 is 2.21 bits per heavy atom. The Hall–Kier alpha value is -3.12. The lowest BCUT2D eigenvalue weighted by molar-refractivity contribution is 0.0969. The van der Waals surface area contributed by atoms with Gasteiger partial charge < -0.3 is 4.74 Å². The lowest BCUT2D eigenvalue weighted by Gasteiger charge is -2.37. The van der Waals surface area contributed by atoms with Gasteiger partial charge in [0.1, 0.15) is 5.75 Å². The summed E-state index contributed by atoms with van der Waals surface area (Å²) in [5.74, 6) is 0.597. The quantitative estimate of drug-likeness (QED) is 0.666. The molecule has 1 unspecified atom stereocenters. The second kappa shape index (κ2) is 7.13. The minimum absolute atomic E-state index is 0.0732. The topological polar surface area (TPSA) is 63.7 Å². The number of Topliss-reactive ketones (excluding diaryl/α,β-unsaturated/α-hetero) is 1. The van der Waals surface area contributed by atoms with Gasteiger partial charge >= 0.3 is 0 Å². The SMILES string of the molecule is COc1ccc(C2CC(=O)c3ccccc3N2S(=O)(=O)c2ccccc2)cc1. The maximum atomic E-state index is 13.6. The highest BCUT2D eigenvalue weighted by molar-refractivity contribution is 7.92. The minimum atomic E-state index is -3.86. The van der Waals surface area contributed by atoms with Gasteiger partial charge in [-0.1, -0.05) is 42.5 Å². The number of methoxy groups -OCH3 is 1. The number of rotatable bonds is 4. The zero-order valence-electron chi connectivity index (χ0n) is 15.3. The molecule has 6 heteroatoms. The standard InChI is InChI=1S/C22H19NO4S/c1-27-17-13-11-16(12-14-17)21-15-22(24)19-9-5-6-10-20(19)23(21)28(25,26)18-7-3-2-4-8-18/h2-14,21H,15H2,1H3. The molecule has 4 rings (SSSR count). The first-order chi connectivity index (χ1) is 13.5. The van der Waals surface area contributed by atoms with Crippen LogP contribution in [0.2, 0.25) is 0 Å². The minimum Gasteiger partial charge on any atom is -0.497 e. The lowest BCUT2D eigenvalue weighted by atomic mass is 9.92. The van der Waals surface area contributed by atoms with E-state index in [1.165, 1.54) is 4.31 Å². The van der Waals surface area contributed by atoms with E-state index in [2.05, 4.69) is 0 Å². The lowest BCUT2D eigenvalue weighted by Crippen LogP contribution is -2.40. The summed E-state index contributed by atoms with van der Waals surface area (Å²) in [5, 5.41) is 0. The molecule has 0 aromatic heterocycles. The molecule has 0 radical (unpaired) electrons. The van der Waals surface area contributed by atoms with Gasteiger partial charge in [0.25, 0.3) is 10.0 Å². The zero-order chi connectivity index (χ0) is 19.7. The fourth-order valence-electron chi connectivity index (χ4n) is 3.52. The van der Waals surface area contributed by atoms with Crippen LogP contribution >= 0.6 is 0 Å². The van der Waals surface area contributed by atoms with Crippen molar-refractivity contribution in [1.82, 2.24) is 0 Å². The van der Waals surface area contributed by atoms with E-state index in [1.54, 1.807) is 86.0 Å². The molecular formula is C22H19NO4S. The number of carbonyl (C=O) groups excluding carboxylic acids is 1. The van der Waals surface area contributed by atoms with Crippen LogP contribution in [0, 0.1) is 0 Å². The van der Waals surface area contributed by atoms with Gasteiger partial charge in [0.15, 0.2) is 5.78 Å². The predicted molar refractivity (Wildman–Crippen MR) is 107 cm³/mol. The van der Waals surface area contributed by atoms with Crippen molar-refractivity contribution in [3.8, 4) is 5.75 Å². The number of anilines is 1. The Kier molecular flexibility index (Phi) is 4.65. The summed E-state index contributed by atoms with van der Waals surface area (Å²) < 4.78 is 33.7. The Bertz CT molecular complexity index is 1110. The molecule has 3 aromatic carbocycles. The summed E-state index contributed by atoms with van der Waals surface area (Å²) in [6.45, 7) is 0. The fraction of sp³-hybridized carbons (Fsp3) is 0.136. The number of carbonyl (C=O) groups is 1. The molecule has 0 N–H and O–H groups in total. The monoisotopic (exact) mass is 393 g/mol. The molecule has 1 atom stereocenters. The maximum absolute atomic E-state index is 13.6. The average Bonchev–Trinajstić information content (AvgIpc) is 2.74. The number of benzene rings is 3. The Morgan fingerprint density at radius 1 is 0.893 bits per heavy atom. The fourth-order valence-corrected chi connectivity index (χ4v) is 5.20. The molecule has 0 spiro atoms. The van der Waals surface area contributed by atoms with E-state index in [-0.39, 0.29) is 17.1 Å². The van der Waals surface area contributed by atoms with Crippen molar-refractivity contribution in [3.63, 3.8) is 0 Å². The van der Waals surface area contributed by atoms with E-state index in [0.717, 1.165) is 5.56 Å². The third kappa shape index (κ3) is 3.05. The smallest absolute Gasteiger partial charge is 0.264 e. The number of fused-ring (bicyclic) bond motifs is 1. The second-order valence-corrected chi connectivity index (χ2v) is 8.36. The third-order valence-corrected chi connectivity index (χ3v) is 6.74. The van der Waals surface area contributed by atoms with E-state index in [4.69, 9.17) is 4.74 Å². The van der Waals surface area contributed by atoms with Gasteiger partial charge in [0.05, 0.1) is 23.7 Å². The van der Waals surface area contributed by atoms with Crippen LogP contribution < -0.4 is 9.04 Å². The van der Waals surface area contributed by atoms with Gasteiger partial charge in [0.2, 0.25) is 0 Å². The summed E-state index contributed by atoms with van der Waals surface area (Å²) in [6.07, 6.45) is 0.0788. The van der Waals surface area contributed by atoms with Crippen molar-refractivity contribution < 1.29 is 17.9 Å². The number of sulfonamides is 1. The summed E-state index contributed by atoms with van der Waals surface area (Å²) in [6, 6.07) is 21.7. The number of hydrogen-bond donors (Lipinski definition) is 0. The van der Waals surface area contributed by atoms with Crippen molar-refractivity contribution in [2.24, 2.45) is 0 Å². The van der Waals surface area contributed by atoms with Crippen molar-refractivity contribution in [1.29, 1.82) is 0 Å². The third-order valence-electron chi connectivity index (χ3n) is 4.90. The van der Waals surface area contributed by atoms with Crippen molar-refractivity contribution >= 4 is 21.5 Å². The predicted octanol–water partition coefficient (Wildman–Crippen LogP) is 4.22. The van der Waals surface area contributed by atoms with E-state index < -0.39 is 16.1 Å². The van der Waals surface area contributed by atoms with E-state index in [1.807, 2.05) is 0 Å². The van der Waals surface area contributed by atoms with Gasteiger partial charge in [0, 0.05) is 12.0 Å². The average molecular weight is 393 g/mol. The normalized spacial score (nSPS) is 16.5. The van der Waals surface area contributed by atoms with Crippen molar-refractivity contribution in [2.75, 3.05) is 11.4 Å². The maximum Gasteiger partial charge on any atom is 0.264 e. The highest BCUT2D eigenvalue weighted by atomic mass is 32.2. The van der Waals surface area contributed by atoms with Gasteiger partial charge in [-0.15, -0.1) is 0 Å². The molecule has 0 amide bonds. The second-order valence-electron chi connectivity index (χ2n) is 6.55. The Morgan fingerprint density at radius 2 is 1.54 bits per heavy atom. The molecule has 0 fully saturated rings.